The predicted octanol–water partition coefficient (Wildman–Crippen LogP) is 3.48. The van der Waals surface area contributed by atoms with Crippen LogP contribution in [0.1, 0.15) is 12.0 Å². The molecule has 0 spiro atoms. The van der Waals surface area contributed by atoms with Crippen LogP contribution in [0.2, 0.25) is 5.02 Å². The Morgan fingerprint density at radius 1 is 1.27 bits per heavy atom. The molecule has 2 aromatic rings. The van der Waals surface area contributed by atoms with Crippen molar-refractivity contribution in [2.75, 3.05) is 16.8 Å². The Morgan fingerprint density at radius 2 is 2.04 bits per heavy atom. The quantitative estimate of drug-likeness (QED) is 0.892. The van der Waals surface area contributed by atoms with Gasteiger partial charge in [0, 0.05) is 24.7 Å². The summed E-state index contributed by atoms with van der Waals surface area (Å²) in [5.74, 6) is -3.17. The van der Waals surface area contributed by atoms with Crippen LogP contribution in [0.4, 0.5) is 20.2 Å². The molecule has 1 heterocycles. The van der Waals surface area contributed by atoms with Gasteiger partial charge in [-0.2, -0.15) is 5.26 Å². The number of carbonyl (C=O) groups excluding carboxylic acids is 2. The summed E-state index contributed by atoms with van der Waals surface area (Å²) in [5.41, 5.74) is 0.516. The number of nitrogens with one attached hydrogen (secondary N) is 1. The molecule has 1 aliphatic rings. The molecule has 3 rings (SSSR count). The fourth-order valence-corrected chi connectivity index (χ4v) is 2.91. The molecule has 1 unspecified atom stereocenters. The van der Waals surface area contributed by atoms with Gasteiger partial charge in [0.2, 0.25) is 11.8 Å². The molecule has 1 atom stereocenters. The summed E-state index contributed by atoms with van der Waals surface area (Å²) < 4.78 is 26.9. The first kappa shape index (κ1) is 17.8. The van der Waals surface area contributed by atoms with Crippen LogP contribution in [0, 0.1) is 28.9 Å². The zero-order valence-corrected chi connectivity index (χ0v) is 14.1. The molecular weight excluding hydrogens is 364 g/mol. The van der Waals surface area contributed by atoms with Gasteiger partial charge in [0.25, 0.3) is 0 Å². The number of nitriles is 1. The molecule has 1 saturated heterocycles. The molecule has 1 aliphatic heterocycles. The molecule has 132 valence electrons. The van der Waals surface area contributed by atoms with E-state index in [0.29, 0.717) is 11.8 Å². The van der Waals surface area contributed by atoms with Crippen molar-refractivity contribution in [3.63, 3.8) is 0 Å². The Labute approximate surface area is 152 Å². The van der Waals surface area contributed by atoms with Gasteiger partial charge in [-0.15, -0.1) is 0 Å². The van der Waals surface area contributed by atoms with Crippen molar-refractivity contribution in [1.29, 1.82) is 5.26 Å². The summed E-state index contributed by atoms with van der Waals surface area (Å²) in [7, 11) is 0. The number of halogens is 3. The van der Waals surface area contributed by atoms with Crippen LogP contribution in [0.15, 0.2) is 36.4 Å². The number of hydrogen-bond acceptors (Lipinski definition) is 3. The average molecular weight is 376 g/mol. The summed E-state index contributed by atoms with van der Waals surface area (Å²) >= 11 is 5.84. The number of carbonyl (C=O) groups is 2. The van der Waals surface area contributed by atoms with Crippen molar-refractivity contribution < 1.29 is 18.4 Å². The van der Waals surface area contributed by atoms with Crippen molar-refractivity contribution in [3.05, 3.63) is 58.6 Å². The predicted molar refractivity (Wildman–Crippen MR) is 91.6 cm³/mol. The lowest BCUT2D eigenvalue weighted by Gasteiger charge is -2.17. The molecule has 2 aromatic carbocycles. The number of hydrogen-bond donors (Lipinski definition) is 1. The van der Waals surface area contributed by atoms with E-state index in [-0.39, 0.29) is 29.2 Å². The highest BCUT2D eigenvalue weighted by Gasteiger charge is 2.36. The van der Waals surface area contributed by atoms with Crippen LogP contribution in [0.3, 0.4) is 0 Å². The molecule has 0 aliphatic carbocycles. The highest BCUT2D eigenvalue weighted by atomic mass is 35.5. The topological polar surface area (TPSA) is 73.2 Å². The lowest BCUT2D eigenvalue weighted by molar-refractivity contribution is -0.122. The fraction of sp³-hybridized carbons (Fsp3) is 0.167. The number of benzene rings is 2. The second kappa shape index (κ2) is 7.10. The van der Waals surface area contributed by atoms with Crippen LogP contribution in [-0.4, -0.2) is 18.4 Å². The molecule has 0 saturated carbocycles. The third kappa shape index (κ3) is 3.51. The molecule has 0 radical (unpaired) electrons. The van der Waals surface area contributed by atoms with Crippen molar-refractivity contribution >= 4 is 34.8 Å². The Hall–Kier alpha value is -2.98. The normalized spacial score (nSPS) is 16.5. The second-order valence-electron chi connectivity index (χ2n) is 5.80. The van der Waals surface area contributed by atoms with Gasteiger partial charge < -0.3 is 10.2 Å². The molecule has 8 heteroatoms. The molecular formula is C18H12ClF2N3O2. The summed E-state index contributed by atoms with van der Waals surface area (Å²) in [6.45, 7) is -0.0219. The van der Waals surface area contributed by atoms with E-state index in [2.05, 4.69) is 5.32 Å². The number of nitrogens with zero attached hydrogens (tertiary/aromatic N) is 2. The van der Waals surface area contributed by atoms with Gasteiger partial charge in [-0.1, -0.05) is 11.6 Å². The highest BCUT2D eigenvalue weighted by molar-refractivity contribution is 6.31. The standard InChI is InChI=1S/C18H12ClF2N3O2/c19-14-3-2-13(5-10(14)8-22)23-18(26)11-6-17(25)24(9-11)16-4-1-12(20)7-15(16)21/h1-5,7,11H,6,9H2,(H,23,26). The van der Waals surface area contributed by atoms with Crippen molar-refractivity contribution in [3.8, 4) is 6.07 Å². The zero-order valence-electron chi connectivity index (χ0n) is 13.3. The molecule has 5 nitrogen and oxygen atoms in total. The fourth-order valence-electron chi connectivity index (χ4n) is 2.75. The zero-order chi connectivity index (χ0) is 18.8. The van der Waals surface area contributed by atoms with Crippen molar-refractivity contribution in [1.82, 2.24) is 0 Å². The minimum atomic E-state index is -0.865. The third-order valence-electron chi connectivity index (χ3n) is 4.05. The first-order chi connectivity index (χ1) is 12.4. The van der Waals surface area contributed by atoms with Crippen molar-refractivity contribution in [2.45, 2.75) is 6.42 Å². The summed E-state index contributed by atoms with van der Waals surface area (Å²) in [6.07, 6.45) is -0.0959. The minimum Gasteiger partial charge on any atom is -0.326 e. The van der Waals surface area contributed by atoms with E-state index < -0.39 is 29.4 Å². The molecule has 0 aromatic heterocycles. The van der Waals surface area contributed by atoms with E-state index in [4.69, 9.17) is 16.9 Å². The van der Waals surface area contributed by atoms with Crippen LogP contribution in [0.5, 0.6) is 0 Å². The molecule has 2 amide bonds. The molecule has 26 heavy (non-hydrogen) atoms. The summed E-state index contributed by atoms with van der Waals surface area (Å²) in [6, 6.07) is 9.26. The van der Waals surface area contributed by atoms with Gasteiger partial charge in [0.15, 0.2) is 0 Å². The van der Waals surface area contributed by atoms with Gasteiger partial charge >= 0.3 is 0 Å². The maximum absolute atomic E-state index is 13.9. The van der Waals surface area contributed by atoms with E-state index in [1.54, 1.807) is 0 Å². The lowest BCUT2D eigenvalue weighted by Crippen LogP contribution is -2.28. The lowest BCUT2D eigenvalue weighted by atomic mass is 10.1. The number of amides is 2. The monoisotopic (exact) mass is 375 g/mol. The van der Waals surface area contributed by atoms with E-state index >= 15 is 0 Å². The highest BCUT2D eigenvalue weighted by Crippen LogP contribution is 2.29. The maximum Gasteiger partial charge on any atom is 0.229 e. The molecule has 0 bridgehead atoms. The smallest absolute Gasteiger partial charge is 0.229 e. The molecule has 1 fully saturated rings. The molecule has 1 N–H and O–H groups in total. The van der Waals surface area contributed by atoms with Crippen LogP contribution >= 0.6 is 11.6 Å². The minimum absolute atomic E-state index is 0.0219. The van der Waals surface area contributed by atoms with Gasteiger partial charge in [-0.25, -0.2) is 8.78 Å². The average Bonchev–Trinajstić information content (AvgIpc) is 2.98. The number of rotatable bonds is 3. The Balaban J connectivity index is 1.74. The van der Waals surface area contributed by atoms with Crippen molar-refractivity contribution in [2.24, 2.45) is 5.92 Å². The van der Waals surface area contributed by atoms with Crippen LogP contribution in [-0.2, 0) is 9.59 Å². The second-order valence-corrected chi connectivity index (χ2v) is 6.20. The van der Waals surface area contributed by atoms with E-state index in [0.717, 1.165) is 11.0 Å². The Morgan fingerprint density at radius 3 is 2.73 bits per heavy atom. The van der Waals surface area contributed by atoms with Gasteiger partial charge in [-0.3, -0.25) is 9.59 Å². The first-order valence-electron chi connectivity index (χ1n) is 7.65. The Bertz CT molecular complexity index is 943. The maximum atomic E-state index is 13.9. The van der Waals surface area contributed by atoms with E-state index in [1.807, 2.05) is 6.07 Å². The van der Waals surface area contributed by atoms with Crippen LogP contribution in [0.25, 0.3) is 0 Å². The van der Waals surface area contributed by atoms with E-state index in [1.165, 1.54) is 24.3 Å². The summed E-state index contributed by atoms with van der Waals surface area (Å²) in [5, 5.41) is 11.9. The Kier molecular flexibility index (Phi) is 4.87. The van der Waals surface area contributed by atoms with E-state index in [9.17, 15) is 18.4 Å². The SMILES string of the molecule is N#Cc1cc(NC(=O)C2CC(=O)N(c3ccc(F)cc3F)C2)ccc1Cl. The number of anilines is 2. The summed E-state index contributed by atoms with van der Waals surface area (Å²) in [4.78, 5) is 25.7. The van der Waals surface area contributed by atoms with Gasteiger partial charge in [0.05, 0.1) is 22.2 Å². The van der Waals surface area contributed by atoms with Crippen LogP contribution < -0.4 is 10.2 Å². The largest absolute Gasteiger partial charge is 0.326 e. The third-order valence-corrected chi connectivity index (χ3v) is 4.38. The first-order valence-corrected chi connectivity index (χ1v) is 8.03. The van der Waals surface area contributed by atoms with Gasteiger partial charge in [-0.05, 0) is 30.3 Å². The van der Waals surface area contributed by atoms with Gasteiger partial charge in [0.1, 0.15) is 17.7 Å².